The van der Waals surface area contributed by atoms with Crippen LogP contribution in [0.25, 0.3) is 0 Å². The number of rotatable bonds is 5. The van der Waals surface area contributed by atoms with Crippen LogP contribution in [0.4, 0.5) is 0 Å². The fourth-order valence-electron chi connectivity index (χ4n) is 4.32. The monoisotopic (exact) mass is 414 g/mol. The van der Waals surface area contributed by atoms with E-state index >= 15 is 0 Å². The second-order valence-corrected chi connectivity index (χ2v) is 9.88. The molecule has 154 valence electrons. The molecule has 0 N–H and O–H groups in total. The Kier molecular flexibility index (Phi) is 4.97. The van der Waals surface area contributed by atoms with Crippen LogP contribution < -0.4 is 9.47 Å². The number of hydrogen-bond donors (Lipinski definition) is 0. The van der Waals surface area contributed by atoms with Gasteiger partial charge in [0.2, 0.25) is 10.0 Å². The van der Waals surface area contributed by atoms with E-state index in [4.69, 9.17) is 9.47 Å². The number of piperazine rings is 1. The van der Waals surface area contributed by atoms with Gasteiger partial charge in [0.05, 0.1) is 4.90 Å². The lowest BCUT2D eigenvalue weighted by Gasteiger charge is -2.41. The van der Waals surface area contributed by atoms with E-state index < -0.39 is 10.0 Å². The van der Waals surface area contributed by atoms with E-state index in [1.807, 2.05) is 18.2 Å². The van der Waals surface area contributed by atoms with E-state index in [1.54, 1.807) is 22.5 Å². The Morgan fingerprint density at radius 2 is 1.69 bits per heavy atom. The van der Waals surface area contributed by atoms with Crippen LogP contribution in [0.3, 0.4) is 0 Å². The van der Waals surface area contributed by atoms with Gasteiger partial charge >= 0.3 is 0 Å². The number of hydrogen-bond acceptors (Lipinski definition) is 5. The molecule has 0 bridgehead atoms. The van der Waals surface area contributed by atoms with E-state index in [-0.39, 0.29) is 10.9 Å². The summed E-state index contributed by atoms with van der Waals surface area (Å²) in [7, 11) is -3.62. The topological polar surface area (TPSA) is 59.1 Å². The maximum Gasteiger partial charge on any atom is 0.243 e. The SMILES string of the molecule is O=S(=O)(c1ccc2c(c1)OCCO2)N1CCN(C2CC2)CC1Cc1ccccc1. The molecule has 0 aromatic heterocycles. The lowest BCUT2D eigenvalue weighted by atomic mass is 10.0. The van der Waals surface area contributed by atoms with Crippen molar-refractivity contribution >= 4 is 10.0 Å². The summed E-state index contributed by atoms with van der Waals surface area (Å²) in [5.41, 5.74) is 1.16. The second kappa shape index (κ2) is 7.63. The highest BCUT2D eigenvalue weighted by Crippen LogP contribution is 2.35. The third kappa shape index (κ3) is 3.86. The van der Waals surface area contributed by atoms with Crippen molar-refractivity contribution in [3.63, 3.8) is 0 Å². The highest BCUT2D eigenvalue weighted by molar-refractivity contribution is 7.89. The summed E-state index contributed by atoms with van der Waals surface area (Å²) < 4.78 is 40.0. The van der Waals surface area contributed by atoms with Gasteiger partial charge < -0.3 is 9.47 Å². The summed E-state index contributed by atoms with van der Waals surface area (Å²) in [4.78, 5) is 2.74. The molecule has 1 saturated heterocycles. The Bertz CT molecular complexity index is 976. The van der Waals surface area contributed by atoms with Gasteiger partial charge in [0.15, 0.2) is 11.5 Å². The van der Waals surface area contributed by atoms with Gasteiger partial charge in [-0.15, -0.1) is 0 Å². The molecule has 0 radical (unpaired) electrons. The minimum atomic E-state index is -3.62. The highest BCUT2D eigenvalue weighted by Gasteiger charge is 2.40. The lowest BCUT2D eigenvalue weighted by Crippen LogP contribution is -2.56. The molecular weight excluding hydrogens is 388 g/mol. The first-order valence-corrected chi connectivity index (χ1v) is 11.7. The molecule has 1 atom stereocenters. The molecule has 2 fully saturated rings. The Labute approximate surface area is 172 Å². The van der Waals surface area contributed by atoms with Crippen molar-refractivity contribution in [2.45, 2.75) is 36.2 Å². The van der Waals surface area contributed by atoms with E-state index in [1.165, 1.54) is 12.8 Å². The van der Waals surface area contributed by atoms with Crippen molar-refractivity contribution in [1.29, 1.82) is 0 Å². The van der Waals surface area contributed by atoms with Crippen molar-refractivity contribution in [3.8, 4) is 11.5 Å². The Morgan fingerprint density at radius 1 is 0.931 bits per heavy atom. The molecule has 2 heterocycles. The summed E-state index contributed by atoms with van der Waals surface area (Å²) in [5, 5.41) is 0. The van der Waals surface area contributed by atoms with Crippen molar-refractivity contribution in [1.82, 2.24) is 9.21 Å². The zero-order valence-corrected chi connectivity index (χ0v) is 17.2. The van der Waals surface area contributed by atoms with Crippen molar-refractivity contribution in [2.24, 2.45) is 0 Å². The Hall–Kier alpha value is -2.09. The molecule has 7 heteroatoms. The van der Waals surface area contributed by atoms with Crippen LogP contribution in [-0.2, 0) is 16.4 Å². The molecule has 0 spiro atoms. The van der Waals surface area contributed by atoms with Crippen LogP contribution in [0.2, 0.25) is 0 Å². The quantitative estimate of drug-likeness (QED) is 0.753. The van der Waals surface area contributed by atoms with Gasteiger partial charge in [-0.05, 0) is 37.0 Å². The molecule has 3 aliphatic rings. The van der Waals surface area contributed by atoms with Gasteiger partial charge in [0.25, 0.3) is 0 Å². The first-order chi connectivity index (χ1) is 14.1. The molecule has 1 unspecified atom stereocenters. The molecular formula is C22H26N2O4S. The molecule has 2 aliphatic heterocycles. The number of fused-ring (bicyclic) bond motifs is 1. The molecule has 2 aromatic carbocycles. The van der Waals surface area contributed by atoms with Gasteiger partial charge in [0, 0.05) is 37.8 Å². The highest BCUT2D eigenvalue weighted by atomic mass is 32.2. The van der Waals surface area contributed by atoms with Gasteiger partial charge in [-0.1, -0.05) is 30.3 Å². The standard InChI is InChI=1S/C22H26N2O4S/c25-29(26,20-8-9-21-22(15-20)28-13-12-27-21)24-11-10-23(18-6-7-18)16-19(24)14-17-4-2-1-3-5-17/h1-5,8-9,15,18-19H,6-7,10-14,16H2. The number of sulfonamides is 1. The van der Waals surface area contributed by atoms with Crippen LogP contribution in [0.1, 0.15) is 18.4 Å². The molecule has 6 nitrogen and oxygen atoms in total. The minimum Gasteiger partial charge on any atom is -0.486 e. The number of nitrogens with zero attached hydrogens (tertiary/aromatic N) is 2. The summed E-state index contributed by atoms with van der Waals surface area (Å²) >= 11 is 0. The Balaban J connectivity index is 1.44. The molecule has 29 heavy (non-hydrogen) atoms. The molecule has 5 rings (SSSR count). The number of ether oxygens (including phenoxy) is 2. The van der Waals surface area contributed by atoms with Gasteiger partial charge in [0.1, 0.15) is 13.2 Å². The minimum absolute atomic E-state index is 0.0787. The molecule has 1 saturated carbocycles. The van der Waals surface area contributed by atoms with Crippen LogP contribution in [0, 0.1) is 0 Å². The lowest BCUT2D eigenvalue weighted by molar-refractivity contribution is 0.128. The van der Waals surface area contributed by atoms with Crippen molar-refractivity contribution in [3.05, 3.63) is 54.1 Å². The Morgan fingerprint density at radius 3 is 2.45 bits per heavy atom. The van der Waals surface area contributed by atoms with Crippen LogP contribution in [0.5, 0.6) is 11.5 Å². The average Bonchev–Trinajstić information content (AvgIpc) is 3.59. The first kappa shape index (κ1) is 18.9. The van der Waals surface area contributed by atoms with E-state index in [0.717, 1.165) is 18.7 Å². The average molecular weight is 415 g/mol. The maximum absolute atomic E-state index is 13.6. The number of benzene rings is 2. The zero-order chi connectivity index (χ0) is 19.8. The normalized spacial score (nSPS) is 23.1. The predicted octanol–water partition coefficient (Wildman–Crippen LogP) is 2.54. The van der Waals surface area contributed by atoms with Crippen molar-refractivity contribution < 1.29 is 17.9 Å². The van der Waals surface area contributed by atoms with Gasteiger partial charge in [-0.3, -0.25) is 4.90 Å². The van der Waals surface area contributed by atoms with E-state index in [0.29, 0.717) is 43.7 Å². The summed E-state index contributed by atoms with van der Waals surface area (Å²) in [6.07, 6.45) is 3.17. The maximum atomic E-state index is 13.6. The van der Waals surface area contributed by atoms with Crippen LogP contribution in [-0.4, -0.2) is 62.6 Å². The summed E-state index contributed by atoms with van der Waals surface area (Å²) in [6.45, 7) is 3.02. The van der Waals surface area contributed by atoms with Crippen molar-refractivity contribution in [2.75, 3.05) is 32.8 Å². The van der Waals surface area contributed by atoms with E-state index in [2.05, 4.69) is 17.0 Å². The predicted molar refractivity (Wildman–Crippen MR) is 110 cm³/mol. The fraction of sp³-hybridized carbons (Fsp3) is 0.455. The summed E-state index contributed by atoms with van der Waals surface area (Å²) in [5.74, 6) is 1.11. The van der Waals surface area contributed by atoms with Crippen LogP contribution in [0.15, 0.2) is 53.4 Å². The smallest absolute Gasteiger partial charge is 0.243 e. The van der Waals surface area contributed by atoms with Gasteiger partial charge in [-0.2, -0.15) is 4.31 Å². The third-order valence-electron chi connectivity index (χ3n) is 5.96. The van der Waals surface area contributed by atoms with Gasteiger partial charge in [-0.25, -0.2) is 8.42 Å². The fourth-order valence-corrected chi connectivity index (χ4v) is 5.94. The molecule has 0 amide bonds. The largest absolute Gasteiger partial charge is 0.486 e. The molecule has 2 aromatic rings. The van der Waals surface area contributed by atoms with Crippen LogP contribution >= 0.6 is 0 Å². The first-order valence-electron chi connectivity index (χ1n) is 10.3. The third-order valence-corrected chi connectivity index (χ3v) is 7.91. The van der Waals surface area contributed by atoms with E-state index in [9.17, 15) is 8.42 Å². The second-order valence-electron chi connectivity index (χ2n) is 7.99. The zero-order valence-electron chi connectivity index (χ0n) is 16.4. The molecule has 1 aliphatic carbocycles. The summed E-state index contributed by atoms with van der Waals surface area (Å²) in [6, 6.07) is 15.7.